The lowest BCUT2D eigenvalue weighted by Crippen LogP contribution is -2.23. The van der Waals surface area contributed by atoms with Gasteiger partial charge >= 0.3 is 5.97 Å². The average Bonchev–Trinajstić information content (AvgIpc) is 2.38. The standard InChI is InChI=1S/C14H18O4/c1-10-8-11(14(15)16)2-3-12(10)9-18-13-4-6-17-7-5-13/h2-3,8,13H,4-7,9H2,1H3,(H,15,16). The Morgan fingerprint density at radius 2 is 2.17 bits per heavy atom. The topological polar surface area (TPSA) is 55.8 Å². The van der Waals surface area contributed by atoms with E-state index in [0.717, 1.165) is 37.2 Å². The summed E-state index contributed by atoms with van der Waals surface area (Å²) >= 11 is 0. The van der Waals surface area contributed by atoms with Crippen molar-refractivity contribution in [1.29, 1.82) is 0 Å². The van der Waals surface area contributed by atoms with Crippen molar-refractivity contribution in [2.24, 2.45) is 0 Å². The Morgan fingerprint density at radius 1 is 1.44 bits per heavy atom. The first kappa shape index (κ1) is 13.1. The number of carbonyl (C=O) groups is 1. The summed E-state index contributed by atoms with van der Waals surface area (Å²) in [4.78, 5) is 10.8. The van der Waals surface area contributed by atoms with E-state index >= 15 is 0 Å². The van der Waals surface area contributed by atoms with Gasteiger partial charge in [0.15, 0.2) is 0 Å². The van der Waals surface area contributed by atoms with E-state index in [2.05, 4.69) is 0 Å². The van der Waals surface area contributed by atoms with Crippen LogP contribution in [0.2, 0.25) is 0 Å². The normalized spacial score (nSPS) is 16.7. The Kier molecular flexibility index (Phi) is 4.33. The molecule has 1 heterocycles. The molecule has 1 saturated heterocycles. The first-order chi connectivity index (χ1) is 8.66. The molecular formula is C14H18O4. The van der Waals surface area contributed by atoms with Gasteiger partial charge in [0.25, 0.3) is 0 Å². The third-order valence-corrected chi connectivity index (χ3v) is 3.23. The molecule has 0 unspecified atom stereocenters. The molecule has 1 N–H and O–H groups in total. The van der Waals surface area contributed by atoms with Crippen LogP contribution in [0.5, 0.6) is 0 Å². The van der Waals surface area contributed by atoms with E-state index in [1.54, 1.807) is 12.1 Å². The maximum Gasteiger partial charge on any atom is 0.335 e. The van der Waals surface area contributed by atoms with Gasteiger partial charge in [-0.2, -0.15) is 0 Å². The van der Waals surface area contributed by atoms with E-state index in [1.165, 1.54) is 0 Å². The summed E-state index contributed by atoms with van der Waals surface area (Å²) in [6.07, 6.45) is 2.13. The lowest BCUT2D eigenvalue weighted by atomic mass is 10.1. The smallest absolute Gasteiger partial charge is 0.335 e. The van der Waals surface area contributed by atoms with Crippen LogP contribution in [0.3, 0.4) is 0 Å². The van der Waals surface area contributed by atoms with Gasteiger partial charge < -0.3 is 14.6 Å². The van der Waals surface area contributed by atoms with Crippen molar-refractivity contribution in [1.82, 2.24) is 0 Å². The highest BCUT2D eigenvalue weighted by atomic mass is 16.5. The molecule has 4 nitrogen and oxygen atoms in total. The second-order valence-electron chi connectivity index (χ2n) is 4.57. The first-order valence-corrected chi connectivity index (χ1v) is 6.19. The van der Waals surface area contributed by atoms with Crippen molar-refractivity contribution in [3.8, 4) is 0 Å². The van der Waals surface area contributed by atoms with Gasteiger partial charge in [-0.1, -0.05) is 6.07 Å². The summed E-state index contributed by atoms with van der Waals surface area (Å²) in [6.45, 7) is 3.98. The summed E-state index contributed by atoms with van der Waals surface area (Å²) in [6, 6.07) is 5.14. The molecule has 2 rings (SSSR count). The summed E-state index contributed by atoms with van der Waals surface area (Å²) in [5.41, 5.74) is 2.33. The molecule has 0 atom stereocenters. The fourth-order valence-corrected chi connectivity index (χ4v) is 2.04. The second-order valence-corrected chi connectivity index (χ2v) is 4.57. The molecule has 0 saturated carbocycles. The molecule has 1 aromatic rings. The Labute approximate surface area is 107 Å². The third kappa shape index (κ3) is 3.31. The Hall–Kier alpha value is -1.39. The van der Waals surface area contributed by atoms with Gasteiger partial charge in [-0.25, -0.2) is 4.79 Å². The van der Waals surface area contributed by atoms with Gasteiger partial charge in [0, 0.05) is 13.2 Å². The fourth-order valence-electron chi connectivity index (χ4n) is 2.04. The van der Waals surface area contributed by atoms with Gasteiger partial charge in [0.05, 0.1) is 18.3 Å². The molecule has 1 fully saturated rings. The highest BCUT2D eigenvalue weighted by Gasteiger charge is 2.14. The second kappa shape index (κ2) is 5.98. The summed E-state index contributed by atoms with van der Waals surface area (Å²) in [5, 5.41) is 8.89. The monoisotopic (exact) mass is 250 g/mol. The maximum atomic E-state index is 10.8. The highest BCUT2D eigenvalue weighted by Crippen LogP contribution is 2.16. The molecule has 1 aliphatic rings. The predicted molar refractivity (Wildman–Crippen MR) is 66.8 cm³/mol. The van der Waals surface area contributed by atoms with Crippen LogP contribution in [-0.2, 0) is 16.1 Å². The van der Waals surface area contributed by atoms with E-state index in [1.807, 2.05) is 13.0 Å². The lowest BCUT2D eigenvalue weighted by molar-refractivity contribution is -0.0391. The molecule has 0 aromatic heterocycles. The number of rotatable bonds is 4. The van der Waals surface area contributed by atoms with Crippen molar-refractivity contribution in [3.63, 3.8) is 0 Å². The van der Waals surface area contributed by atoms with Crippen molar-refractivity contribution < 1.29 is 19.4 Å². The largest absolute Gasteiger partial charge is 0.478 e. The Balaban J connectivity index is 1.94. The van der Waals surface area contributed by atoms with Crippen molar-refractivity contribution in [2.45, 2.75) is 32.5 Å². The van der Waals surface area contributed by atoms with Crippen LogP contribution >= 0.6 is 0 Å². The highest BCUT2D eigenvalue weighted by molar-refractivity contribution is 5.87. The van der Waals surface area contributed by atoms with Gasteiger partial charge in [-0.3, -0.25) is 0 Å². The van der Waals surface area contributed by atoms with Gasteiger partial charge in [0.2, 0.25) is 0 Å². The molecular weight excluding hydrogens is 232 g/mol. The zero-order chi connectivity index (χ0) is 13.0. The number of ether oxygens (including phenoxy) is 2. The van der Waals surface area contributed by atoms with Crippen LogP contribution in [0.1, 0.15) is 34.3 Å². The Bertz CT molecular complexity index is 422. The quantitative estimate of drug-likeness (QED) is 0.891. The molecule has 0 amide bonds. The Morgan fingerprint density at radius 3 is 2.78 bits per heavy atom. The minimum absolute atomic E-state index is 0.261. The fraction of sp³-hybridized carbons (Fsp3) is 0.500. The molecule has 0 radical (unpaired) electrons. The summed E-state index contributed by atoms with van der Waals surface area (Å²) < 4.78 is 11.1. The number of carboxylic acids is 1. The van der Waals surface area contributed by atoms with Gasteiger partial charge in [0.1, 0.15) is 0 Å². The maximum absolute atomic E-state index is 10.8. The number of hydrogen-bond donors (Lipinski definition) is 1. The van der Waals surface area contributed by atoms with E-state index in [9.17, 15) is 4.79 Å². The molecule has 1 aliphatic heterocycles. The zero-order valence-corrected chi connectivity index (χ0v) is 10.5. The molecule has 98 valence electrons. The molecule has 0 bridgehead atoms. The van der Waals surface area contributed by atoms with Crippen molar-refractivity contribution in [2.75, 3.05) is 13.2 Å². The van der Waals surface area contributed by atoms with E-state index in [-0.39, 0.29) is 6.10 Å². The van der Waals surface area contributed by atoms with E-state index < -0.39 is 5.97 Å². The lowest BCUT2D eigenvalue weighted by Gasteiger charge is -2.22. The molecule has 0 spiro atoms. The first-order valence-electron chi connectivity index (χ1n) is 6.19. The van der Waals surface area contributed by atoms with Crippen LogP contribution in [-0.4, -0.2) is 30.4 Å². The summed E-state index contributed by atoms with van der Waals surface area (Å²) in [7, 11) is 0. The average molecular weight is 250 g/mol. The molecule has 0 aliphatic carbocycles. The van der Waals surface area contributed by atoms with Gasteiger partial charge in [-0.05, 0) is 43.0 Å². The number of benzene rings is 1. The van der Waals surface area contributed by atoms with Crippen LogP contribution in [0, 0.1) is 6.92 Å². The van der Waals surface area contributed by atoms with Crippen molar-refractivity contribution in [3.05, 3.63) is 34.9 Å². The number of aromatic carboxylic acids is 1. The number of carboxylic acid groups (broad SMARTS) is 1. The number of aryl methyl sites for hydroxylation is 1. The molecule has 1 aromatic carbocycles. The molecule has 18 heavy (non-hydrogen) atoms. The van der Waals surface area contributed by atoms with Gasteiger partial charge in [-0.15, -0.1) is 0 Å². The van der Waals surface area contributed by atoms with Crippen LogP contribution in [0.25, 0.3) is 0 Å². The van der Waals surface area contributed by atoms with Crippen LogP contribution in [0.15, 0.2) is 18.2 Å². The minimum atomic E-state index is -0.894. The molecule has 4 heteroatoms. The van der Waals surface area contributed by atoms with Crippen LogP contribution in [0.4, 0.5) is 0 Å². The zero-order valence-electron chi connectivity index (χ0n) is 10.5. The SMILES string of the molecule is Cc1cc(C(=O)O)ccc1COC1CCOCC1. The minimum Gasteiger partial charge on any atom is -0.478 e. The third-order valence-electron chi connectivity index (χ3n) is 3.23. The van der Waals surface area contributed by atoms with E-state index in [4.69, 9.17) is 14.6 Å². The predicted octanol–water partition coefficient (Wildman–Crippen LogP) is 2.39. The van der Waals surface area contributed by atoms with E-state index in [0.29, 0.717) is 12.2 Å². The summed E-state index contributed by atoms with van der Waals surface area (Å²) in [5.74, 6) is -0.894. The number of hydrogen-bond acceptors (Lipinski definition) is 3. The van der Waals surface area contributed by atoms with Crippen molar-refractivity contribution >= 4 is 5.97 Å². The van der Waals surface area contributed by atoms with Crippen LogP contribution < -0.4 is 0 Å².